The van der Waals surface area contributed by atoms with E-state index in [-0.39, 0.29) is 18.4 Å². The van der Waals surface area contributed by atoms with Crippen molar-refractivity contribution in [3.8, 4) is 0 Å². The quantitative estimate of drug-likeness (QED) is 0.852. The van der Waals surface area contributed by atoms with Crippen molar-refractivity contribution in [2.75, 3.05) is 39.3 Å². The van der Waals surface area contributed by atoms with Crippen LogP contribution in [0.1, 0.15) is 12.5 Å². The molecule has 1 fully saturated rings. The fourth-order valence-electron chi connectivity index (χ4n) is 2.45. The Kier molecular flexibility index (Phi) is 6.39. The number of amides is 2. The molecule has 1 aromatic rings. The Balaban J connectivity index is 1.72. The van der Waals surface area contributed by atoms with Gasteiger partial charge in [0.05, 0.1) is 13.0 Å². The first-order valence-corrected chi connectivity index (χ1v) is 8.39. The number of nitrogens with zero attached hydrogens (tertiary/aromatic N) is 2. The zero-order valence-corrected chi connectivity index (χ0v) is 14.4. The molecule has 0 saturated carbocycles. The Hall–Kier alpha value is -1.40. The van der Waals surface area contributed by atoms with Crippen LogP contribution in [0.15, 0.2) is 28.7 Å². The first-order chi connectivity index (χ1) is 10.6. The lowest BCUT2D eigenvalue weighted by atomic mass is 10.1. The van der Waals surface area contributed by atoms with Crippen molar-refractivity contribution in [1.82, 2.24) is 15.1 Å². The van der Waals surface area contributed by atoms with E-state index in [1.807, 2.05) is 29.2 Å². The molecule has 1 aliphatic rings. The number of hydrogen-bond donors (Lipinski definition) is 1. The van der Waals surface area contributed by atoms with Gasteiger partial charge in [0, 0.05) is 30.7 Å². The Morgan fingerprint density at radius 3 is 2.36 bits per heavy atom. The topological polar surface area (TPSA) is 52.6 Å². The number of rotatable bonds is 5. The van der Waals surface area contributed by atoms with Crippen LogP contribution in [0.3, 0.4) is 0 Å². The Morgan fingerprint density at radius 1 is 1.14 bits per heavy atom. The summed E-state index contributed by atoms with van der Waals surface area (Å²) in [6, 6.07) is 7.60. The van der Waals surface area contributed by atoms with Crippen LogP contribution in [-0.2, 0) is 16.0 Å². The van der Waals surface area contributed by atoms with Crippen molar-refractivity contribution >= 4 is 27.7 Å². The first-order valence-electron chi connectivity index (χ1n) is 7.59. The summed E-state index contributed by atoms with van der Waals surface area (Å²) in [6.45, 7) is 6.54. The van der Waals surface area contributed by atoms with Crippen LogP contribution in [0.2, 0.25) is 0 Å². The minimum Gasteiger partial charge on any atom is -0.347 e. The molecule has 0 radical (unpaired) electrons. The number of carbonyl (C=O) groups excluding carboxylic acids is 2. The fraction of sp³-hybridized carbons (Fsp3) is 0.500. The van der Waals surface area contributed by atoms with Crippen molar-refractivity contribution < 1.29 is 9.59 Å². The Labute approximate surface area is 139 Å². The predicted molar refractivity (Wildman–Crippen MR) is 89.5 cm³/mol. The number of piperazine rings is 1. The highest BCUT2D eigenvalue weighted by atomic mass is 79.9. The van der Waals surface area contributed by atoms with Gasteiger partial charge in [-0.15, -0.1) is 0 Å². The molecular formula is C16H22BrN3O2. The zero-order chi connectivity index (χ0) is 15.9. The molecule has 2 rings (SSSR count). The Morgan fingerprint density at radius 2 is 1.77 bits per heavy atom. The lowest BCUT2D eigenvalue weighted by Crippen LogP contribution is -2.51. The molecule has 1 aliphatic heterocycles. The van der Waals surface area contributed by atoms with Crippen LogP contribution in [0.5, 0.6) is 0 Å². The summed E-state index contributed by atoms with van der Waals surface area (Å²) in [5.74, 6) is -0.122. The average molecular weight is 368 g/mol. The molecule has 0 unspecified atom stereocenters. The van der Waals surface area contributed by atoms with E-state index in [1.165, 1.54) is 0 Å². The van der Waals surface area contributed by atoms with Crippen molar-refractivity contribution in [2.45, 2.75) is 13.3 Å². The normalized spacial score (nSPS) is 15.6. The monoisotopic (exact) mass is 367 g/mol. The summed E-state index contributed by atoms with van der Waals surface area (Å²) in [6.07, 6.45) is 0.296. The minimum absolute atomic E-state index is 0.0000841. The minimum atomic E-state index is -0.122. The summed E-state index contributed by atoms with van der Waals surface area (Å²) in [5, 5.41) is 2.71. The van der Waals surface area contributed by atoms with Crippen LogP contribution < -0.4 is 5.32 Å². The second-order valence-corrected chi connectivity index (χ2v) is 6.31. The first kappa shape index (κ1) is 17.0. The van der Waals surface area contributed by atoms with Gasteiger partial charge in [-0.1, -0.05) is 35.0 Å². The molecule has 6 heteroatoms. The van der Waals surface area contributed by atoms with Gasteiger partial charge in [-0.05, 0) is 24.2 Å². The predicted octanol–water partition coefficient (Wildman–Crippen LogP) is 1.27. The van der Waals surface area contributed by atoms with Gasteiger partial charge in [0.25, 0.3) is 0 Å². The molecule has 1 aromatic carbocycles. The summed E-state index contributed by atoms with van der Waals surface area (Å²) >= 11 is 3.36. The van der Waals surface area contributed by atoms with Gasteiger partial charge in [-0.3, -0.25) is 9.59 Å². The number of nitrogens with one attached hydrogen (secondary N) is 1. The SMILES string of the molecule is CCN1CCN(C(=O)CNC(=O)Cc2ccc(Br)cc2)CC1. The number of halogens is 1. The van der Waals surface area contributed by atoms with Crippen LogP contribution in [-0.4, -0.2) is 60.9 Å². The van der Waals surface area contributed by atoms with E-state index in [4.69, 9.17) is 0 Å². The standard InChI is InChI=1S/C16H22BrN3O2/c1-2-19-7-9-20(10-8-19)16(22)12-18-15(21)11-13-3-5-14(17)6-4-13/h3-6H,2,7-12H2,1H3,(H,18,21). The molecule has 2 amide bonds. The molecule has 120 valence electrons. The van der Waals surface area contributed by atoms with Crippen molar-refractivity contribution in [3.05, 3.63) is 34.3 Å². The summed E-state index contributed by atoms with van der Waals surface area (Å²) in [7, 11) is 0. The third kappa shape index (κ3) is 5.10. The van der Waals surface area contributed by atoms with E-state index in [2.05, 4.69) is 33.1 Å². The highest BCUT2D eigenvalue weighted by Crippen LogP contribution is 2.10. The van der Waals surface area contributed by atoms with Gasteiger partial charge in [0.1, 0.15) is 0 Å². The highest BCUT2D eigenvalue weighted by molar-refractivity contribution is 9.10. The smallest absolute Gasteiger partial charge is 0.242 e. The van der Waals surface area contributed by atoms with Crippen molar-refractivity contribution in [2.24, 2.45) is 0 Å². The molecule has 22 heavy (non-hydrogen) atoms. The van der Waals surface area contributed by atoms with Crippen LogP contribution in [0.4, 0.5) is 0 Å². The van der Waals surface area contributed by atoms with Crippen LogP contribution >= 0.6 is 15.9 Å². The van der Waals surface area contributed by atoms with E-state index in [1.54, 1.807) is 0 Å². The third-order valence-electron chi connectivity index (χ3n) is 3.89. The van der Waals surface area contributed by atoms with Gasteiger partial charge < -0.3 is 15.1 Å². The van der Waals surface area contributed by atoms with Crippen LogP contribution in [0.25, 0.3) is 0 Å². The molecule has 1 saturated heterocycles. The van der Waals surface area contributed by atoms with Gasteiger partial charge in [-0.2, -0.15) is 0 Å². The molecule has 5 nitrogen and oxygen atoms in total. The number of carbonyl (C=O) groups is 2. The van der Waals surface area contributed by atoms with E-state index >= 15 is 0 Å². The molecule has 1 N–H and O–H groups in total. The molecular weight excluding hydrogens is 346 g/mol. The second kappa shape index (κ2) is 8.29. The lowest BCUT2D eigenvalue weighted by Gasteiger charge is -2.34. The number of benzene rings is 1. The summed E-state index contributed by atoms with van der Waals surface area (Å²) in [4.78, 5) is 28.1. The molecule has 0 spiro atoms. The highest BCUT2D eigenvalue weighted by Gasteiger charge is 2.20. The van der Waals surface area contributed by atoms with Gasteiger partial charge in [-0.25, -0.2) is 0 Å². The zero-order valence-electron chi connectivity index (χ0n) is 12.8. The van der Waals surface area contributed by atoms with Crippen molar-refractivity contribution in [1.29, 1.82) is 0 Å². The average Bonchev–Trinajstić information content (AvgIpc) is 2.55. The van der Waals surface area contributed by atoms with Gasteiger partial charge >= 0.3 is 0 Å². The second-order valence-electron chi connectivity index (χ2n) is 5.40. The van der Waals surface area contributed by atoms with Crippen LogP contribution in [0, 0.1) is 0 Å². The van der Waals surface area contributed by atoms with Crippen molar-refractivity contribution in [3.63, 3.8) is 0 Å². The van der Waals surface area contributed by atoms with Gasteiger partial charge in [0.2, 0.25) is 11.8 Å². The van der Waals surface area contributed by atoms with Gasteiger partial charge in [0.15, 0.2) is 0 Å². The molecule has 0 aromatic heterocycles. The van der Waals surface area contributed by atoms with E-state index < -0.39 is 0 Å². The number of likely N-dealkylation sites (N-methyl/N-ethyl adjacent to an activating group) is 1. The van der Waals surface area contributed by atoms with E-state index in [9.17, 15) is 9.59 Å². The number of hydrogen-bond acceptors (Lipinski definition) is 3. The molecule has 0 aliphatic carbocycles. The van der Waals surface area contributed by atoms with E-state index in [0.717, 1.165) is 42.8 Å². The summed E-state index contributed by atoms with van der Waals surface area (Å²) in [5.41, 5.74) is 0.935. The maximum absolute atomic E-state index is 12.1. The Bertz CT molecular complexity index is 511. The third-order valence-corrected chi connectivity index (χ3v) is 4.42. The largest absolute Gasteiger partial charge is 0.347 e. The van der Waals surface area contributed by atoms with E-state index in [0.29, 0.717) is 6.42 Å². The maximum atomic E-state index is 12.1. The molecule has 0 bridgehead atoms. The molecule has 1 heterocycles. The summed E-state index contributed by atoms with van der Waals surface area (Å²) < 4.78 is 0.984. The molecule has 0 atom stereocenters. The lowest BCUT2D eigenvalue weighted by molar-refractivity contribution is -0.134. The fourth-order valence-corrected chi connectivity index (χ4v) is 2.71. The maximum Gasteiger partial charge on any atom is 0.242 e.